The third-order valence-electron chi connectivity index (χ3n) is 6.35. The van der Waals surface area contributed by atoms with Crippen molar-refractivity contribution in [3.8, 4) is 0 Å². The molecule has 0 spiro atoms. The van der Waals surface area contributed by atoms with Gasteiger partial charge in [0, 0.05) is 25.6 Å². The molecule has 3 saturated heterocycles. The average molecular weight is 458 g/mol. The first kappa shape index (κ1) is 25.1. The molecule has 13 heteroatoms. The fourth-order valence-electron chi connectivity index (χ4n) is 3.89. The molecule has 0 radical (unpaired) electrons. The summed E-state index contributed by atoms with van der Waals surface area (Å²) < 4.78 is 43.1. The first-order chi connectivity index (χ1) is 12.7. The maximum atomic E-state index is 12.9. The minimum absolute atomic E-state index is 0. The quantitative estimate of drug-likeness (QED) is 0.251. The Balaban J connectivity index is 0.00000300. The SMILES string of the molecule is CC(C)(C)[Si](C)(C)OCCN1C[C@@H]2C[C@@H]3CN(C(=O)N3OS(=O)(=O)[O-])[C@@H]2C1=O.[Na+]. The van der Waals surface area contributed by atoms with E-state index in [0.29, 0.717) is 31.2 Å². The number of nitrogens with zero attached hydrogens (tertiary/aromatic N) is 3. The Hall–Kier alpha value is -0.213. The molecule has 3 heterocycles. The monoisotopic (exact) mass is 457 g/mol. The molecule has 3 amide bonds. The van der Waals surface area contributed by atoms with Crippen LogP contribution in [0.15, 0.2) is 0 Å². The van der Waals surface area contributed by atoms with Gasteiger partial charge in [0.1, 0.15) is 6.04 Å². The van der Waals surface area contributed by atoms with Gasteiger partial charge in [0.15, 0.2) is 8.32 Å². The van der Waals surface area contributed by atoms with Crippen molar-refractivity contribution < 1.29 is 60.8 Å². The number of hydrogen-bond acceptors (Lipinski definition) is 7. The van der Waals surface area contributed by atoms with Crippen LogP contribution in [0.4, 0.5) is 4.79 Å². The zero-order valence-corrected chi connectivity index (χ0v) is 21.7. The van der Waals surface area contributed by atoms with Crippen LogP contribution in [0.25, 0.3) is 0 Å². The first-order valence-corrected chi connectivity index (χ1v) is 13.6. The van der Waals surface area contributed by atoms with Crippen LogP contribution in [0.5, 0.6) is 0 Å². The fourth-order valence-corrected chi connectivity index (χ4v) is 5.30. The molecule has 3 rings (SSSR count). The molecular formula is C16H28N3NaO7SSi. The smallest absolute Gasteiger partial charge is 0.724 e. The van der Waals surface area contributed by atoms with Crippen LogP contribution < -0.4 is 29.6 Å². The normalized spacial score (nSPS) is 27.4. The topological polar surface area (TPSA) is 120 Å². The van der Waals surface area contributed by atoms with E-state index in [4.69, 9.17) is 4.43 Å². The summed E-state index contributed by atoms with van der Waals surface area (Å²) in [4.78, 5) is 28.3. The molecule has 0 unspecified atom stereocenters. The summed E-state index contributed by atoms with van der Waals surface area (Å²) in [5, 5.41) is 0.692. The Kier molecular flexibility index (Phi) is 7.24. The number of carbonyl (C=O) groups is 2. The van der Waals surface area contributed by atoms with E-state index in [1.165, 1.54) is 4.90 Å². The van der Waals surface area contributed by atoms with Gasteiger partial charge in [0.05, 0.1) is 12.6 Å². The molecule has 3 aliphatic heterocycles. The van der Waals surface area contributed by atoms with Gasteiger partial charge >= 0.3 is 35.6 Å². The summed E-state index contributed by atoms with van der Waals surface area (Å²) >= 11 is 0. The summed E-state index contributed by atoms with van der Waals surface area (Å²) in [5.41, 5.74) is 0. The fraction of sp³-hybridized carbons (Fsp3) is 0.875. The van der Waals surface area contributed by atoms with Gasteiger partial charge in [-0.3, -0.25) is 4.79 Å². The van der Waals surface area contributed by atoms with E-state index in [1.54, 1.807) is 4.90 Å². The Bertz CT molecular complexity index is 773. The van der Waals surface area contributed by atoms with Crippen molar-refractivity contribution in [2.75, 3.05) is 26.2 Å². The Labute approximate surface area is 195 Å². The standard InChI is InChI=1S/C16H29N3O7SSi.Na/c1-16(2,3)28(4,5)25-7-6-17-9-11-8-12-10-18(13(11)14(17)20)15(21)19(12)26-27(22,23)24;/h11-13H,6-10H2,1-5H3,(H,22,23,24);/q;+1/p-1/t11-,12+,13-;/m0./s1. The van der Waals surface area contributed by atoms with Crippen LogP contribution in [0, 0.1) is 5.92 Å². The third-order valence-corrected chi connectivity index (χ3v) is 11.2. The Morgan fingerprint density at radius 2 is 1.83 bits per heavy atom. The molecule has 0 aromatic rings. The van der Waals surface area contributed by atoms with Gasteiger partial charge in [-0.2, -0.15) is 9.35 Å². The second kappa shape index (κ2) is 8.38. The van der Waals surface area contributed by atoms with Gasteiger partial charge in [0.2, 0.25) is 16.3 Å². The van der Waals surface area contributed by atoms with Crippen LogP contribution in [0.1, 0.15) is 27.2 Å². The van der Waals surface area contributed by atoms with E-state index >= 15 is 0 Å². The van der Waals surface area contributed by atoms with Crippen LogP contribution in [-0.2, 0) is 23.9 Å². The maximum absolute atomic E-state index is 12.9. The van der Waals surface area contributed by atoms with Gasteiger partial charge in [-0.25, -0.2) is 13.2 Å². The molecule has 3 aliphatic rings. The summed E-state index contributed by atoms with van der Waals surface area (Å²) in [6, 6.07) is -1.93. The number of carbonyl (C=O) groups excluding carboxylic acids is 2. The number of likely N-dealkylation sites (tertiary alicyclic amines) is 1. The number of fused-ring (bicyclic) bond motifs is 4. The third kappa shape index (κ3) is 5.00. The largest absolute Gasteiger partial charge is 1.00 e. The zero-order chi connectivity index (χ0) is 21.1. The van der Waals surface area contributed by atoms with Crippen molar-refractivity contribution in [1.82, 2.24) is 14.9 Å². The molecule has 160 valence electrons. The van der Waals surface area contributed by atoms with Crippen molar-refractivity contribution in [3.05, 3.63) is 0 Å². The maximum Gasteiger partial charge on any atom is 1.00 e. The van der Waals surface area contributed by atoms with E-state index < -0.39 is 36.8 Å². The van der Waals surface area contributed by atoms with E-state index in [1.807, 2.05) is 0 Å². The molecule has 3 atom stereocenters. The van der Waals surface area contributed by atoms with E-state index in [0.717, 1.165) is 0 Å². The second-order valence-corrected chi connectivity index (χ2v) is 15.0. The summed E-state index contributed by atoms with van der Waals surface area (Å²) in [5.74, 6) is -0.284. The molecule has 10 nitrogen and oxygen atoms in total. The molecule has 0 N–H and O–H groups in total. The van der Waals surface area contributed by atoms with Crippen molar-refractivity contribution >= 4 is 30.7 Å². The van der Waals surface area contributed by atoms with E-state index in [9.17, 15) is 22.6 Å². The Morgan fingerprint density at radius 1 is 1.21 bits per heavy atom. The zero-order valence-electron chi connectivity index (χ0n) is 17.9. The van der Waals surface area contributed by atoms with E-state index in [-0.39, 0.29) is 53.0 Å². The van der Waals surface area contributed by atoms with Crippen LogP contribution in [0.2, 0.25) is 18.1 Å². The summed E-state index contributed by atoms with van der Waals surface area (Å²) in [7, 11) is -6.95. The predicted octanol–water partition coefficient (Wildman–Crippen LogP) is -2.26. The van der Waals surface area contributed by atoms with Crippen LogP contribution in [0.3, 0.4) is 0 Å². The van der Waals surface area contributed by atoms with Crippen molar-refractivity contribution in [1.29, 1.82) is 0 Å². The number of piperidine rings is 1. The summed E-state index contributed by atoms with van der Waals surface area (Å²) in [6.07, 6.45) is 0.410. The molecule has 0 aromatic carbocycles. The van der Waals surface area contributed by atoms with Crippen molar-refractivity contribution in [2.45, 2.75) is 57.4 Å². The molecule has 2 bridgehead atoms. The van der Waals surface area contributed by atoms with Gasteiger partial charge in [-0.05, 0) is 24.6 Å². The molecule has 3 fully saturated rings. The molecule has 0 aliphatic carbocycles. The predicted molar refractivity (Wildman–Crippen MR) is 100 cm³/mol. The van der Waals surface area contributed by atoms with Gasteiger partial charge < -0.3 is 18.8 Å². The van der Waals surface area contributed by atoms with Gasteiger partial charge in [-0.15, -0.1) is 0 Å². The minimum atomic E-state index is -5.04. The van der Waals surface area contributed by atoms with E-state index in [2.05, 4.69) is 38.1 Å². The van der Waals surface area contributed by atoms with Crippen molar-refractivity contribution in [2.24, 2.45) is 5.92 Å². The number of urea groups is 1. The number of hydrogen-bond donors (Lipinski definition) is 0. The number of amides is 3. The minimum Gasteiger partial charge on any atom is -0.724 e. The van der Waals surface area contributed by atoms with Crippen LogP contribution in [-0.4, -0.2) is 86.4 Å². The number of rotatable bonds is 6. The summed E-state index contributed by atoms with van der Waals surface area (Å²) in [6.45, 7) is 12.3. The van der Waals surface area contributed by atoms with Gasteiger partial charge in [-0.1, -0.05) is 20.8 Å². The molecule has 0 aromatic heterocycles. The van der Waals surface area contributed by atoms with Gasteiger partial charge in [0.25, 0.3) is 0 Å². The molecular weight excluding hydrogens is 429 g/mol. The Morgan fingerprint density at radius 3 is 2.38 bits per heavy atom. The van der Waals surface area contributed by atoms with Crippen LogP contribution >= 0.6 is 0 Å². The second-order valence-electron chi connectivity index (χ2n) is 9.23. The molecule has 0 saturated carbocycles. The van der Waals surface area contributed by atoms with Crippen molar-refractivity contribution in [3.63, 3.8) is 0 Å². The molecule has 29 heavy (non-hydrogen) atoms. The first-order valence-electron chi connectivity index (χ1n) is 9.39. The number of hydroxylamine groups is 2. The average Bonchev–Trinajstić information content (AvgIpc) is 2.96.